The largest absolute Gasteiger partial charge is 0.371 e. The molecule has 40 heavy (non-hydrogen) atoms. The second-order valence-electron chi connectivity index (χ2n) is 10.4. The predicted molar refractivity (Wildman–Crippen MR) is 164 cm³/mol. The number of fused-ring (bicyclic) bond motifs is 1. The summed E-state index contributed by atoms with van der Waals surface area (Å²) in [5.74, 6) is 0.824. The highest BCUT2D eigenvalue weighted by Gasteiger charge is 2.21. The molecule has 2 fully saturated rings. The maximum atomic E-state index is 12.7. The number of benzene rings is 3. The normalized spacial score (nSPS) is 16.5. The van der Waals surface area contributed by atoms with Crippen molar-refractivity contribution in [1.82, 2.24) is 15.2 Å². The number of nitrogens with zero attached hydrogens (tertiary/aromatic N) is 6. The van der Waals surface area contributed by atoms with Crippen molar-refractivity contribution in [2.45, 2.75) is 31.4 Å². The highest BCUT2D eigenvalue weighted by Crippen LogP contribution is 2.29. The molecule has 1 aromatic heterocycles. The van der Waals surface area contributed by atoms with Crippen LogP contribution in [-0.4, -0.2) is 71.4 Å². The summed E-state index contributed by atoms with van der Waals surface area (Å²) in [4.78, 5) is 26.7. The fourth-order valence-electron chi connectivity index (χ4n) is 5.52. The van der Waals surface area contributed by atoms with Crippen LogP contribution in [0.25, 0.3) is 11.0 Å². The molecule has 9 heteroatoms. The van der Waals surface area contributed by atoms with E-state index in [2.05, 4.69) is 68.0 Å². The van der Waals surface area contributed by atoms with E-state index in [1.807, 2.05) is 48.5 Å². The van der Waals surface area contributed by atoms with E-state index in [1.165, 1.54) is 41.2 Å². The molecule has 0 unspecified atom stereocenters. The Kier molecular flexibility index (Phi) is 8.09. The molecule has 2 aliphatic rings. The van der Waals surface area contributed by atoms with Crippen LogP contribution in [0, 0.1) is 0 Å². The Hall–Kier alpha value is -3.72. The average Bonchev–Trinajstić information content (AvgIpc) is 3.43. The number of piperidine rings is 1. The maximum absolute atomic E-state index is 12.7. The van der Waals surface area contributed by atoms with Crippen molar-refractivity contribution in [2.75, 3.05) is 59.7 Å². The molecule has 0 spiro atoms. The summed E-state index contributed by atoms with van der Waals surface area (Å²) in [6.07, 6.45) is 3.85. The minimum absolute atomic E-state index is 0.463. The van der Waals surface area contributed by atoms with Gasteiger partial charge in [0.2, 0.25) is 0 Å². The van der Waals surface area contributed by atoms with Gasteiger partial charge in [-0.3, -0.25) is 0 Å². The summed E-state index contributed by atoms with van der Waals surface area (Å²) in [6.45, 7) is 8.37. The molecule has 0 saturated carbocycles. The van der Waals surface area contributed by atoms with E-state index >= 15 is 0 Å². The van der Waals surface area contributed by atoms with E-state index in [9.17, 15) is 4.79 Å². The van der Waals surface area contributed by atoms with Gasteiger partial charge in [-0.2, -0.15) is 11.8 Å². The standard InChI is InChI=1S/C31H36N6O2S/c1-2-23-40-28-15-17-34(18-16-28)26-11-13-27(14-12-26)36-21-19-35(20-22-36)25-9-7-24(8-10-25)31(38)39-37-30-6-4-3-5-29(30)32-33-37/h3-14,28H,2,15-23H2,1H3. The van der Waals surface area contributed by atoms with Gasteiger partial charge in [0.15, 0.2) is 0 Å². The lowest BCUT2D eigenvalue weighted by Gasteiger charge is -2.38. The molecule has 8 nitrogen and oxygen atoms in total. The molecule has 2 saturated heterocycles. The Bertz CT molecular complexity index is 1410. The molecule has 0 amide bonds. The molecule has 0 atom stereocenters. The molecule has 2 aliphatic heterocycles. The SMILES string of the molecule is CCCSC1CCN(c2ccc(N3CCN(c4ccc(C(=O)On5nnc6ccccc65)cc4)CC3)cc2)CC1. The number of rotatable bonds is 8. The van der Waals surface area contributed by atoms with Crippen molar-refractivity contribution in [2.24, 2.45) is 0 Å². The third-order valence-electron chi connectivity index (χ3n) is 7.82. The number of hydrogen-bond acceptors (Lipinski definition) is 8. The predicted octanol–water partition coefficient (Wildman–Crippen LogP) is 5.14. The Morgan fingerprint density at radius 3 is 1.95 bits per heavy atom. The van der Waals surface area contributed by atoms with Crippen molar-refractivity contribution in [1.29, 1.82) is 0 Å². The molecule has 208 valence electrons. The van der Waals surface area contributed by atoms with Crippen LogP contribution in [0.3, 0.4) is 0 Å². The highest BCUT2D eigenvalue weighted by molar-refractivity contribution is 7.99. The molecular weight excluding hydrogens is 520 g/mol. The third-order valence-corrected chi connectivity index (χ3v) is 9.41. The number of hydrogen-bond donors (Lipinski definition) is 0. The second-order valence-corrected chi connectivity index (χ2v) is 11.8. The van der Waals surface area contributed by atoms with Gasteiger partial charge in [-0.05, 0) is 90.9 Å². The van der Waals surface area contributed by atoms with E-state index in [4.69, 9.17) is 4.84 Å². The first-order chi connectivity index (χ1) is 19.7. The zero-order chi connectivity index (χ0) is 27.3. The molecule has 3 heterocycles. The number of aromatic nitrogens is 3. The van der Waals surface area contributed by atoms with Crippen molar-refractivity contribution in [3.8, 4) is 0 Å². The van der Waals surface area contributed by atoms with E-state index in [0.29, 0.717) is 16.6 Å². The molecule has 4 aromatic rings. The Balaban J connectivity index is 0.997. The molecular formula is C31H36N6O2S. The van der Waals surface area contributed by atoms with E-state index in [0.717, 1.165) is 50.2 Å². The van der Waals surface area contributed by atoms with E-state index in [-0.39, 0.29) is 0 Å². The summed E-state index contributed by atoms with van der Waals surface area (Å²) in [6, 6.07) is 24.1. The summed E-state index contributed by atoms with van der Waals surface area (Å²) in [5, 5.41) is 8.79. The van der Waals surface area contributed by atoms with Gasteiger partial charge in [-0.1, -0.05) is 23.9 Å². The zero-order valence-electron chi connectivity index (χ0n) is 23.0. The highest BCUT2D eigenvalue weighted by atomic mass is 32.2. The maximum Gasteiger partial charge on any atom is 0.365 e. The number of thioether (sulfide) groups is 1. The Morgan fingerprint density at radius 2 is 1.35 bits per heavy atom. The van der Waals surface area contributed by atoms with Crippen molar-refractivity contribution >= 4 is 45.8 Å². The van der Waals surface area contributed by atoms with Gasteiger partial charge in [-0.25, -0.2) is 4.79 Å². The summed E-state index contributed by atoms with van der Waals surface area (Å²) in [5.41, 5.74) is 5.55. The van der Waals surface area contributed by atoms with Gasteiger partial charge in [-0.15, -0.1) is 5.10 Å². The second kappa shape index (κ2) is 12.2. The van der Waals surface area contributed by atoms with Crippen LogP contribution in [0.15, 0.2) is 72.8 Å². The molecule has 6 rings (SSSR count). The van der Waals surface area contributed by atoms with Gasteiger partial charge in [0.1, 0.15) is 11.0 Å². The smallest absolute Gasteiger partial charge is 0.365 e. The zero-order valence-corrected chi connectivity index (χ0v) is 23.8. The fourth-order valence-corrected chi connectivity index (χ4v) is 6.63. The van der Waals surface area contributed by atoms with Crippen LogP contribution in [0.2, 0.25) is 0 Å². The molecule has 0 N–H and O–H groups in total. The first-order valence-electron chi connectivity index (χ1n) is 14.3. The van der Waals surface area contributed by atoms with Gasteiger partial charge >= 0.3 is 5.97 Å². The van der Waals surface area contributed by atoms with Crippen LogP contribution in [0.1, 0.15) is 36.5 Å². The molecule has 0 bridgehead atoms. The number of para-hydroxylation sites is 1. The minimum Gasteiger partial charge on any atom is -0.371 e. The Morgan fingerprint density at radius 1 is 0.800 bits per heavy atom. The minimum atomic E-state index is -0.463. The van der Waals surface area contributed by atoms with Crippen LogP contribution < -0.4 is 19.5 Å². The first kappa shape index (κ1) is 26.5. The van der Waals surface area contributed by atoms with Gasteiger partial charge in [0, 0.05) is 61.6 Å². The molecule has 0 aliphatic carbocycles. The van der Waals surface area contributed by atoms with Crippen LogP contribution in [0.5, 0.6) is 0 Å². The fraction of sp³-hybridized carbons (Fsp3) is 0.387. The van der Waals surface area contributed by atoms with Gasteiger partial charge in [0.25, 0.3) is 0 Å². The monoisotopic (exact) mass is 556 g/mol. The topological polar surface area (TPSA) is 66.7 Å². The summed E-state index contributed by atoms with van der Waals surface area (Å²) in [7, 11) is 0. The Labute approximate surface area is 239 Å². The number of piperazine rings is 1. The van der Waals surface area contributed by atoms with Crippen molar-refractivity contribution in [3.05, 3.63) is 78.4 Å². The van der Waals surface area contributed by atoms with Crippen molar-refractivity contribution in [3.63, 3.8) is 0 Å². The summed E-state index contributed by atoms with van der Waals surface area (Å²) >= 11 is 2.15. The lowest BCUT2D eigenvalue weighted by atomic mass is 10.1. The molecule has 0 radical (unpaired) electrons. The van der Waals surface area contributed by atoms with Crippen LogP contribution >= 0.6 is 11.8 Å². The number of anilines is 3. The number of carbonyl (C=O) groups is 1. The van der Waals surface area contributed by atoms with Gasteiger partial charge in [0.05, 0.1) is 5.56 Å². The number of carbonyl (C=O) groups excluding carboxylic acids is 1. The quantitative estimate of drug-likeness (QED) is 0.277. The average molecular weight is 557 g/mol. The summed E-state index contributed by atoms with van der Waals surface area (Å²) < 4.78 is 0. The first-order valence-corrected chi connectivity index (χ1v) is 15.3. The lowest BCUT2D eigenvalue weighted by molar-refractivity contribution is 0.0409. The van der Waals surface area contributed by atoms with E-state index in [1.54, 1.807) is 0 Å². The van der Waals surface area contributed by atoms with Crippen LogP contribution in [0.4, 0.5) is 17.1 Å². The lowest BCUT2D eigenvalue weighted by Crippen LogP contribution is -2.46. The van der Waals surface area contributed by atoms with E-state index < -0.39 is 5.97 Å². The molecule has 3 aromatic carbocycles. The van der Waals surface area contributed by atoms with Gasteiger partial charge < -0.3 is 19.5 Å². The third kappa shape index (κ3) is 5.89. The van der Waals surface area contributed by atoms with Crippen LogP contribution in [-0.2, 0) is 0 Å². The van der Waals surface area contributed by atoms with Crippen molar-refractivity contribution < 1.29 is 9.63 Å².